The SMILES string of the molecule is C1CCC2(CC2)C2NCCC2C1. The van der Waals surface area contributed by atoms with E-state index >= 15 is 0 Å². The second-order valence-corrected chi connectivity index (χ2v) is 5.09. The molecule has 0 aromatic carbocycles. The van der Waals surface area contributed by atoms with Crippen molar-refractivity contribution in [1.82, 2.24) is 5.32 Å². The van der Waals surface area contributed by atoms with Gasteiger partial charge < -0.3 is 5.32 Å². The average Bonchev–Trinajstić information content (AvgIpc) is 2.77. The Morgan fingerprint density at radius 1 is 1.00 bits per heavy atom. The Labute approximate surface area is 74.9 Å². The third-order valence-electron chi connectivity index (χ3n) is 4.40. The molecule has 3 aliphatic rings. The largest absolute Gasteiger partial charge is 0.313 e. The molecule has 1 nitrogen and oxygen atoms in total. The van der Waals surface area contributed by atoms with Crippen molar-refractivity contribution in [3.8, 4) is 0 Å². The van der Waals surface area contributed by atoms with Crippen LogP contribution < -0.4 is 5.32 Å². The summed E-state index contributed by atoms with van der Waals surface area (Å²) in [6, 6.07) is 0.931. The van der Waals surface area contributed by atoms with Crippen LogP contribution in [0.25, 0.3) is 0 Å². The maximum absolute atomic E-state index is 3.75. The molecule has 0 radical (unpaired) electrons. The van der Waals surface area contributed by atoms with Gasteiger partial charge in [-0.25, -0.2) is 0 Å². The van der Waals surface area contributed by atoms with E-state index in [0.29, 0.717) is 0 Å². The van der Waals surface area contributed by atoms with E-state index in [1.165, 1.54) is 51.5 Å². The van der Waals surface area contributed by atoms with Crippen LogP contribution >= 0.6 is 0 Å². The van der Waals surface area contributed by atoms with Crippen molar-refractivity contribution < 1.29 is 0 Å². The predicted molar refractivity (Wildman–Crippen MR) is 50.0 cm³/mol. The van der Waals surface area contributed by atoms with Crippen LogP contribution in [-0.4, -0.2) is 12.6 Å². The lowest BCUT2D eigenvalue weighted by Gasteiger charge is -2.25. The average molecular weight is 165 g/mol. The highest BCUT2D eigenvalue weighted by Gasteiger charge is 2.53. The van der Waals surface area contributed by atoms with Gasteiger partial charge in [0.05, 0.1) is 0 Å². The van der Waals surface area contributed by atoms with Crippen molar-refractivity contribution >= 4 is 0 Å². The molecule has 0 bridgehead atoms. The van der Waals surface area contributed by atoms with Crippen LogP contribution in [0.5, 0.6) is 0 Å². The number of hydrogen-bond donors (Lipinski definition) is 1. The summed E-state index contributed by atoms with van der Waals surface area (Å²) < 4.78 is 0. The lowest BCUT2D eigenvalue weighted by atomic mass is 9.86. The van der Waals surface area contributed by atoms with Crippen LogP contribution in [0.4, 0.5) is 0 Å². The lowest BCUT2D eigenvalue weighted by molar-refractivity contribution is 0.298. The quantitative estimate of drug-likeness (QED) is 0.581. The van der Waals surface area contributed by atoms with Crippen LogP contribution in [0, 0.1) is 11.3 Å². The van der Waals surface area contributed by atoms with Crippen LogP contribution in [0.15, 0.2) is 0 Å². The number of rotatable bonds is 0. The molecule has 2 unspecified atom stereocenters. The summed E-state index contributed by atoms with van der Waals surface area (Å²) in [7, 11) is 0. The molecule has 68 valence electrons. The van der Waals surface area contributed by atoms with Crippen molar-refractivity contribution in [2.75, 3.05) is 6.54 Å². The third-order valence-corrected chi connectivity index (χ3v) is 4.40. The highest BCUT2D eigenvalue weighted by molar-refractivity contribution is 5.07. The summed E-state index contributed by atoms with van der Waals surface area (Å²) in [6.45, 7) is 1.30. The highest BCUT2D eigenvalue weighted by Crippen LogP contribution is 2.57. The molecule has 3 fully saturated rings. The van der Waals surface area contributed by atoms with Gasteiger partial charge in [0.2, 0.25) is 0 Å². The van der Waals surface area contributed by atoms with Gasteiger partial charge in [-0.15, -0.1) is 0 Å². The number of hydrogen-bond acceptors (Lipinski definition) is 1. The summed E-state index contributed by atoms with van der Waals surface area (Å²) in [5.41, 5.74) is 0.803. The first-order chi connectivity index (χ1) is 5.91. The Morgan fingerprint density at radius 2 is 1.92 bits per heavy atom. The molecule has 1 saturated heterocycles. The Kier molecular flexibility index (Phi) is 1.52. The highest BCUT2D eigenvalue weighted by atomic mass is 15.0. The standard InChI is InChI=1S/C11H19N/c1-2-5-11(6-7-11)10-9(3-1)4-8-12-10/h9-10,12H,1-8H2. The molecule has 1 N–H and O–H groups in total. The minimum Gasteiger partial charge on any atom is -0.313 e. The molecule has 2 saturated carbocycles. The van der Waals surface area contributed by atoms with E-state index in [0.717, 1.165) is 17.4 Å². The molecule has 1 spiro atoms. The number of fused-ring (bicyclic) bond motifs is 2. The normalized spacial score (nSPS) is 44.0. The zero-order valence-corrected chi connectivity index (χ0v) is 7.81. The summed E-state index contributed by atoms with van der Waals surface area (Å²) in [4.78, 5) is 0. The fourth-order valence-electron chi connectivity index (χ4n) is 3.55. The molecular weight excluding hydrogens is 146 g/mol. The van der Waals surface area contributed by atoms with Crippen LogP contribution in [-0.2, 0) is 0 Å². The molecule has 1 aliphatic heterocycles. The predicted octanol–water partition coefficient (Wildman–Crippen LogP) is 2.32. The van der Waals surface area contributed by atoms with Crippen LogP contribution in [0.3, 0.4) is 0 Å². The molecule has 0 aromatic heterocycles. The van der Waals surface area contributed by atoms with Gasteiger partial charge in [-0.2, -0.15) is 0 Å². The van der Waals surface area contributed by atoms with Gasteiger partial charge in [0.1, 0.15) is 0 Å². The molecule has 2 atom stereocenters. The second kappa shape index (κ2) is 2.47. The molecule has 12 heavy (non-hydrogen) atoms. The van der Waals surface area contributed by atoms with Gasteiger partial charge in [0.15, 0.2) is 0 Å². The molecule has 0 amide bonds. The molecule has 2 aliphatic carbocycles. The summed E-state index contributed by atoms with van der Waals surface area (Å²) in [5, 5.41) is 3.75. The lowest BCUT2D eigenvalue weighted by Crippen LogP contribution is -2.35. The number of nitrogens with one attached hydrogen (secondary N) is 1. The van der Waals surface area contributed by atoms with Crippen molar-refractivity contribution in [3.63, 3.8) is 0 Å². The minimum absolute atomic E-state index is 0.803. The zero-order valence-electron chi connectivity index (χ0n) is 7.81. The van der Waals surface area contributed by atoms with E-state index < -0.39 is 0 Å². The Bertz CT molecular complexity index is 183. The van der Waals surface area contributed by atoms with Crippen molar-refractivity contribution in [1.29, 1.82) is 0 Å². The molecule has 1 heterocycles. The fourth-order valence-corrected chi connectivity index (χ4v) is 3.55. The third kappa shape index (κ3) is 0.953. The first-order valence-electron chi connectivity index (χ1n) is 5.64. The van der Waals surface area contributed by atoms with Crippen LogP contribution in [0.2, 0.25) is 0 Å². The molecular formula is C11H19N. The Balaban J connectivity index is 1.84. The van der Waals surface area contributed by atoms with Gasteiger partial charge in [0.25, 0.3) is 0 Å². The van der Waals surface area contributed by atoms with E-state index in [4.69, 9.17) is 0 Å². The minimum atomic E-state index is 0.803. The maximum atomic E-state index is 3.75. The van der Waals surface area contributed by atoms with Gasteiger partial charge in [-0.05, 0) is 50.0 Å². The zero-order chi connectivity index (χ0) is 8.02. The fraction of sp³-hybridized carbons (Fsp3) is 1.00. The summed E-state index contributed by atoms with van der Waals surface area (Å²) >= 11 is 0. The monoisotopic (exact) mass is 165 g/mol. The summed E-state index contributed by atoms with van der Waals surface area (Å²) in [6.07, 6.45) is 10.6. The van der Waals surface area contributed by atoms with E-state index in [2.05, 4.69) is 5.32 Å². The van der Waals surface area contributed by atoms with Gasteiger partial charge in [0, 0.05) is 6.04 Å². The Morgan fingerprint density at radius 3 is 2.75 bits per heavy atom. The van der Waals surface area contributed by atoms with E-state index in [1.807, 2.05) is 0 Å². The maximum Gasteiger partial charge on any atom is 0.0152 e. The van der Waals surface area contributed by atoms with E-state index in [-0.39, 0.29) is 0 Å². The smallest absolute Gasteiger partial charge is 0.0152 e. The van der Waals surface area contributed by atoms with Gasteiger partial charge >= 0.3 is 0 Å². The molecule has 1 heteroatoms. The summed E-state index contributed by atoms with van der Waals surface area (Å²) in [5.74, 6) is 1.05. The van der Waals surface area contributed by atoms with Crippen LogP contribution in [0.1, 0.15) is 44.9 Å². The first-order valence-corrected chi connectivity index (χ1v) is 5.64. The first kappa shape index (κ1) is 7.37. The Hall–Kier alpha value is -0.0400. The van der Waals surface area contributed by atoms with E-state index in [1.54, 1.807) is 0 Å². The van der Waals surface area contributed by atoms with Gasteiger partial charge in [-0.3, -0.25) is 0 Å². The van der Waals surface area contributed by atoms with Crippen molar-refractivity contribution in [2.24, 2.45) is 11.3 Å². The molecule has 3 rings (SSSR count). The second-order valence-electron chi connectivity index (χ2n) is 5.09. The van der Waals surface area contributed by atoms with Crippen molar-refractivity contribution in [3.05, 3.63) is 0 Å². The van der Waals surface area contributed by atoms with E-state index in [9.17, 15) is 0 Å². The topological polar surface area (TPSA) is 12.0 Å². The van der Waals surface area contributed by atoms with Gasteiger partial charge in [-0.1, -0.05) is 12.8 Å². The van der Waals surface area contributed by atoms with Crippen molar-refractivity contribution in [2.45, 2.75) is 51.0 Å². The molecule has 0 aromatic rings.